The summed E-state index contributed by atoms with van der Waals surface area (Å²) in [5.74, 6) is 1.37. The molecule has 0 aromatic heterocycles. The van der Waals surface area contributed by atoms with Crippen molar-refractivity contribution in [2.24, 2.45) is 16.9 Å². The van der Waals surface area contributed by atoms with E-state index in [1.807, 2.05) is 0 Å². The van der Waals surface area contributed by atoms with E-state index in [-0.39, 0.29) is 35.3 Å². The minimum atomic E-state index is -0.814. The van der Waals surface area contributed by atoms with Gasteiger partial charge in [0.25, 0.3) is 5.91 Å². The number of halogens is 1. The van der Waals surface area contributed by atoms with Crippen molar-refractivity contribution in [3.63, 3.8) is 0 Å². The number of amides is 1. The molecule has 7 heteroatoms. The summed E-state index contributed by atoms with van der Waals surface area (Å²) in [6.45, 7) is 0. The molecular formula is C22H35FN2O3S. The lowest BCUT2D eigenvalue weighted by atomic mass is 9.77. The van der Waals surface area contributed by atoms with Crippen molar-refractivity contribution in [3.05, 3.63) is 0 Å². The summed E-state index contributed by atoms with van der Waals surface area (Å²) in [6, 6.07) is -0.102. The second-order valence-corrected chi connectivity index (χ2v) is 10.4. The van der Waals surface area contributed by atoms with Gasteiger partial charge in [-0.05, 0) is 50.7 Å². The summed E-state index contributed by atoms with van der Waals surface area (Å²) >= 11 is 1.74. The number of alkyl halides is 1. The van der Waals surface area contributed by atoms with E-state index in [2.05, 4.69) is 0 Å². The Morgan fingerprint density at radius 1 is 1.07 bits per heavy atom. The topological polar surface area (TPSA) is 51.1 Å². The van der Waals surface area contributed by atoms with Gasteiger partial charge in [-0.1, -0.05) is 12.8 Å². The molecular weight excluding hydrogens is 391 g/mol. The summed E-state index contributed by atoms with van der Waals surface area (Å²) in [5.41, 5.74) is 1.08. The molecule has 0 aromatic rings. The molecule has 2 saturated carbocycles. The Bertz CT molecular complexity index is 613. The largest absolute Gasteiger partial charge is 0.379 e. The van der Waals surface area contributed by atoms with Crippen LogP contribution in [0.5, 0.6) is 0 Å². The van der Waals surface area contributed by atoms with Crippen LogP contribution in [0.4, 0.5) is 4.39 Å². The Labute approximate surface area is 178 Å². The fourth-order valence-electron chi connectivity index (χ4n) is 5.74. The number of thioether (sulfide) groups is 1. The molecule has 4 rings (SSSR count). The van der Waals surface area contributed by atoms with Gasteiger partial charge < -0.3 is 9.47 Å². The predicted octanol–water partition coefficient (Wildman–Crippen LogP) is 4.20. The lowest BCUT2D eigenvalue weighted by molar-refractivity contribution is -0.134. The van der Waals surface area contributed by atoms with E-state index in [1.165, 1.54) is 0 Å². The first-order chi connectivity index (χ1) is 14.1. The fourth-order valence-corrected chi connectivity index (χ4v) is 6.94. The van der Waals surface area contributed by atoms with Gasteiger partial charge in [-0.2, -0.15) is 5.10 Å². The predicted molar refractivity (Wildman–Crippen MR) is 114 cm³/mol. The molecule has 2 aliphatic carbocycles. The maximum Gasteiger partial charge on any atom is 0.256 e. The van der Waals surface area contributed by atoms with E-state index >= 15 is 0 Å². The van der Waals surface area contributed by atoms with Crippen LogP contribution >= 0.6 is 11.8 Å². The number of ether oxygens (including phenoxy) is 2. The number of nitrogens with zero attached hydrogens (tertiary/aromatic N) is 2. The van der Waals surface area contributed by atoms with Crippen molar-refractivity contribution in [1.29, 1.82) is 0 Å². The maximum atomic E-state index is 14.9. The third-order valence-electron chi connectivity index (χ3n) is 7.43. The highest BCUT2D eigenvalue weighted by Crippen LogP contribution is 2.40. The van der Waals surface area contributed by atoms with E-state index in [4.69, 9.17) is 14.6 Å². The molecule has 2 heterocycles. The van der Waals surface area contributed by atoms with Crippen LogP contribution in [0.1, 0.15) is 64.2 Å². The maximum absolute atomic E-state index is 14.9. The Hall–Kier alpha value is -0.660. The van der Waals surface area contributed by atoms with E-state index in [0.29, 0.717) is 12.3 Å². The van der Waals surface area contributed by atoms with Crippen molar-refractivity contribution in [1.82, 2.24) is 5.01 Å². The van der Waals surface area contributed by atoms with Crippen molar-refractivity contribution in [3.8, 4) is 0 Å². The van der Waals surface area contributed by atoms with Gasteiger partial charge >= 0.3 is 0 Å². The molecule has 2 aliphatic heterocycles. The van der Waals surface area contributed by atoms with E-state index in [1.54, 1.807) is 31.0 Å². The summed E-state index contributed by atoms with van der Waals surface area (Å²) < 4.78 is 26.1. The molecule has 1 amide bonds. The summed E-state index contributed by atoms with van der Waals surface area (Å²) in [7, 11) is 3.48. The zero-order valence-corrected chi connectivity index (χ0v) is 18.5. The van der Waals surface area contributed by atoms with E-state index < -0.39 is 6.17 Å². The van der Waals surface area contributed by atoms with Crippen LogP contribution < -0.4 is 0 Å². The second-order valence-electron chi connectivity index (χ2n) is 9.07. The van der Waals surface area contributed by atoms with Gasteiger partial charge in [0.2, 0.25) is 0 Å². The molecule has 0 spiro atoms. The SMILES string of the molecule is COC1CCC(C2=NN(C(=O)C3CCCS3)C(C3CCCCC3F)C2)CC1OC. The standard InChI is InChI=1S/C22H35FN2O3S/c1-27-19-10-9-14(12-20(19)28-2)17-13-18(15-6-3-4-7-16(15)23)25(24-17)22(26)21-8-5-11-29-21/h14-16,18-21H,3-13H2,1-2H3. The zero-order chi connectivity index (χ0) is 20.4. The van der Waals surface area contributed by atoms with Gasteiger partial charge in [0, 0.05) is 38.2 Å². The minimum absolute atomic E-state index is 0.00166. The summed E-state index contributed by atoms with van der Waals surface area (Å²) in [4.78, 5) is 13.3. The number of hydrazone groups is 1. The van der Waals surface area contributed by atoms with Gasteiger partial charge in [0.05, 0.1) is 23.5 Å². The Morgan fingerprint density at radius 3 is 2.55 bits per heavy atom. The smallest absolute Gasteiger partial charge is 0.256 e. The van der Waals surface area contributed by atoms with Gasteiger partial charge in [0.1, 0.15) is 6.17 Å². The Balaban J connectivity index is 1.53. The average molecular weight is 427 g/mol. The molecule has 1 saturated heterocycles. The Morgan fingerprint density at radius 2 is 1.86 bits per heavy atom. The minimum Gasteiger partial charge on any atom is -0.379 e. The van der Waals surface area contributed by atoms with Crippen molar-refractivity contribution >= 4 is 23.4 Å². The first-order valence-corrected chi connectivity index (χ1v) is 12.4. The highest BCUT2D eigenvalue weighted by Gasteiger charge is 2.45. The molecule has 164 valence electrons. The quantitative estimate of drug-likeness (QED) is 0.661. The Kier molecular flexibility index (Phi) is 7.18. The molecule has 0 aromatic carbocycles. The fraction of sp³-hybridized carbons (Fsp3) is 0.909. The van der Waals surface area contributed by atoms with Crippen molar-refractivity contribution < 1.29 is 18.7 Å². The van der Waals surface area contributed by atoms with Gasteiger partial charge in [-0.3, -0.25) is 4.79 Å². The first-order valence-electron chi connectivity index (χ1n) is 11.3. The van der Waals surface area contributed by atoms with Gasteiger partial charge in [-0.15, -0.1) is 11.8 Å². The molecule has 7 unspecified atom stereocenters. The molecule has 0 radical (unpaired) electrons. The number of carbonyl (C=O) groups is 1. The monoisotopic (exact) mass is 426 g/mol. The van der Waals surface area contributed by atoms with Crippen LogP contribution in [0.15, 0.2) is 5.10 Å². The van der Waals surface area contributed by atoms with Crippen LogP contribution in [-0.4, -0.2) is 66.3 Å². The lowest BCUT2D eigenvalue weighted by Gasteiger charge is -2.35. The number of carbonyl (C=O) groups excluding carboxylic acids is 1. The van der Waals surface area contributed by atoms with Crippen molar-refractivity contribution in [2.75, 3.05) is 20.0 Å². The average Bonchev–Trinajstić information content (AvgIpc) is 3.43. The first kappa shape index (κ1) is 21.6. The van der Waals surface area contributed by atoms with Gasteiger partial charge in [0.15, 0.2) is 0 Å². The highest BCUT2D eigenvalue weighted by atomic mass is 32.2. The number of hydrogen-bond acceptors (Lipinski definition) is 5. The van der Waals surface area contributed by atoms with Crippen LogP contribution in [0.2, 0.25) is 0 Å². The second kappa shape index (κ2) is 9.65. The molecule has 0 N–H and O–H groups in total. The molecule has 5 nitrogen and oxygen atoms in total. The molecule has 4 aliphatic rings. The van der Waals surface area contributed by atoms with Crippen LogP contribution in [0.25, 0.3) is 0 Å². The molecule has 0 bridgehead atoms. The third-order valence-corrected chi connectivity index (χ3v) is 8.80. The normalized spacial score (nSPS) is 40.9. The summed E-state index contributed by atoms with van der Waals surface area (Å²) in [6.07, 6.45) is 8.40. The third kappa shape index (κ3) is 4.52. The highest BCUT2D eigenvalue weighted by molar-refractivity contribution is 8.00. The molecule has 29 heavy (non-hydrogen) atoms. The van der Waals surface area contributed by atoms with E-state index in [9.17, 15) is 9.18 Å². The molecule has 3 fully saturated rings. The lowest BCUT2D eigenvalue weighted by Crippen LogP contribution is -2.45. The number of methoxy groups -OCH3 is 2. The van der Waals surface area contributed by atoms with Crippen LogP contribution in [0.3, 0.4) is 0 Å². The number of hydrogen-bond donors (Lipinski definition) is 0. The zero-order valence-electron chi connectivity index (χ0n) is 17.7. The van der Waals surface area contributed by atoms with E-state index in [0.717, 1.165) is 69.3 Å². The van der Waals surface area contributed by atoms with Gasteiger partial charge in [-0.25, -0.2) is 9.40 Å². The van der Waals surface area contributed by atoms with Crippen molar-refractivity contribution in [2.45, 2.75) is 93.9 Å². The molecule has 7 atom stereocenters. The van der Waals surface area contributed by atoms with Crippen LogP contribution in [-0.2, 0) is 14.3 Å². The van der Waals surface area contributed by atoms with Crippen LogP contribution in [0, 0.1) is 11.8 Å². The summed E-state index contributed by atoms with van der Waals surface area (Å²) in [5, 5.41) is 6.62. The number of rotatable bonds is 5.